The van der Waals surface area contributed by atoms with Gasteiger partial charge < -0.3 is 5.32 Å². The Hall–Kier alpha value is -2.95. The summed E-state index contributed by atoms with van der Waals surface area (Å²) in [5, 5.41) is 7.15. The number of nitrogens with zero attached hydrogens (tertiary/aromatic N) is 3. The van der Waals surface area contributed by atoms with E-state index in [2.05, 4.69) is 15.4 Å². The van der Waals surface area contributed by atoms with E-state index in [9.17, 15) is 4.79 Å². The molecule has 122 valence electrons. The number of hydrogen-bond acceptors (Lipinski definition) is 3. The summed E-state index contributed by atoms with van der Waals surface area (Å²) >= 11 is 0. The van der Waals surface area contributed by atoms with Crippen LogP contribution in [0.4, 0.5) is 5.69 Å². The van der Waals surface area contributed by atoms with E-state index in [1.54, 1.807) is 6.20 Å². The lowest BCUT2D eigenvalue weighted by Gasteiger charge is -2.12. The van der Waals surface area contributed by atoms with Gasteiger partial charge in [-0.1, -0.05) is 12.1 Å². The Morgan fingerprint density at radius 3 is 2.54 bits per heavy atom. The van der Waals surface area contributed by atoms with Crippen molar-refractivity contribution >= 4 is 11.6 Å². The zero-order valence-corrected chi connectivity index (χ0v) is 14.1. The van der Waals surface area contributed by atoms with Gasteiger partial charge in [-0.15, -0.1) is 0 Å². The van der Waals surface area contributed by atoms with Crippen LogP contribution >= 0.6 is 0 Å². The van der Waals surface area contributed by atoms with Crippen molar-refractivity contribution in [1.82, 2.24) is 14.8 Å². The number of aryl methyl sites for hydroxylation is 3. The summed E-state index contributed by atoms with van der Waals surface area (Å²) in [6.07, 6.45) is 3.67. The first-order valence-corrected chi connectivity index (χ1v) is 7.85. The van der Waals surface area contributed by atoms with Crippen LogP contribution in [0.15, 0.2) is 48.8 Å². The van der Waals surface area contributed by atoms with E-state index in [0.29, 0.717) is 12.1 Å². The van der Waals surface area contributed by atoms with Crippen LogP contribution < -0.4 is 5.32 Å². The van der Waals surface area contributed by atoms with E-state index >= 15 is 0 Å². The molecular weight excluding hydrogens is 300 g/mol. The highest BCUT2D eigenvalue weighted by Crippen LogP contribution is 2.20. The lowest BCUT2D eigenvalue weighted by atomic mass is 10.1. The van der Waals surface area contributed by atoms with Gasteiger partial charge in [-0.3, -0.25) is 14.5 Å². The lowest BCUT2D eigenvalue weighted by molar-refractivity contribution is 0.102. The Balaban J connectivity index is 1.74. The van der Waals surface area contributed by atoms with E-state index in [1.165, 1.54) is 0 Å². The maximum atomic E-state index is 12.5. The molecule has 24 heavy (non-hydrogen) atoms. The Labute approximate surface area is 141 Å². The van der Waals surface area contributed by atoms with Crippen LogP contribution in [0.3, 0.4) is 0 Å². The molecule has 0 atom stereocenters. The molecule has 0 unspecified atom stereocenters. The van der Waals surface area contributed by atoms with E-state index in [-0.39, 0.29) is 5.91 Å². The largest absolute Gasteiger partial charge is 0.320 e. The fourth-order valence-corrected chi connectivity index (χ4v) is 2.74. The quantitative estimate of drug-likeness (QED) is 0.800. The number of carbonyl (C=O) groups excluding carboxylic acids is 1. The van der Waals surface area contributed by atoms with E-state index in [4.69, 9.17) is 0 Å². The number of amides is 1. The Morgan fingerprint density at radius 1 is 1.17 bits per heavy atom. The van der Waals surface area contributed by atoms with Gasteiger partial charge in [0, 0.05) is 23.7 Å². The minimum Gasteiger partial charge on any atom is -0.320 e. The molecule has 0 aliphatic rings. The summed E-state index contributed by atoms with van der Waals surface area (Å²) < 4.78 is 1.85. The number of hydrogen-bond donors (Lipinski definition) is 1. The highest BCUT2D eigenvalue weighted by molar-refractivity contribution is 6.04. The average Bonchev–Trinajstić information content (AvgIpc) is 3.04. The first-order chi connectivity index (χ1) is 11.5. The van der Waals surface area contributed by atoms with Gasteiger partial charge >= 0.3 is 0 Å². The molecule has 0 spiro atoms. The number of nitrogens with one attached hydrogen (secondary N) is 1. The van der Waals surface area contributed by atoms with Gasteiger partial charge in [0.1, 0.15) is 0 Å². The van der Waals surface area contributed by atoms with Crippen molar-refractivity contribution in [2.24, 2.45) is 0 Å². The monoisotopic (exact) mass is 320 g/mol. The number of benzene rings is 1. The number of anilines is 1. The summed E-state index contributed by atoms with van der Waals surface area (Å²) in [6, 6.07) is 11.4. The molecule has 0 aliphatic heterocycles. The van der Waals surface area contributed by atoms with E-state index < -0.39 is 0 Å². The smallest absolute Gasteiger partial charge is 0.255 e. The molecule has 2 heterocycles. The predicted octanol–water partition coefficient (Wildman–Crippen LogP) is 3.50. The van der Waals surface area contributed by atoms with Crippen LogP contribution in [-0.4, -0.2) is 20.7 Å². The first kappa shape index (κ1) is 15.9. The minimum absolute atomic E-state index is 0.127. The second-order valence-electron chi connectivity index (χ2n) is 5.90. The number of rotatable bonds is 4. The third-order valence-electron chi connectivity index (χ3n) is 3.88. The van der Waals surface area contributed by atoms with Crippen LogP contribution in [-0.2, 0) is 6.54 Å². The van der Waals surface area contributed by atoms with Crippen molar-refractivity contribution in [3.63, 3.8) is 0 Å². The molecule has 0 saturated heterocycles. The molecule has 0 radical (unpaired) electrons. The maximum Gasteiger partial charge on any atom is 0.255 e. The third kappa shape index (κ3) is 3.51. The number of pyridine rings is 1. The predicted molar refractivity (Wildman–Crippen MR) is 94.2 cm³/mol. The molecule has 0 bridgehead atoms. The second-order valence-corrected chi connectivity index (χ2v) is 5.90. The van der Waals surface area contributed by atoms with Gasteiger partial charge in [-0.2, -0.15) is 5.10 Å². The molecule has 0 aliphatic carbocycles. The summed E-state index contributed by atoms with van der Waals surface area (Å²) in [5.74, 6) is -0.127. The number of carbonyl (C=O) groups is 1. The minimum atomic E-state index is -0.127. The third-order valence-corrected chi connectivity index (χ3v) is 3.88. The summed E-state index contributed by atoms with van der Waals surface area (Å²) in [6.45, 7) is 6.52. The van der Waals surface area contributed by atoms with E-state index in [0.717, 1.165) is 28.2 Å². The fourth-order valence-electron chi connectivity index (χ4n) is 2.74. The summed E-state index contributed by atoms with van der Waals surface area (Å²) in [4.78, 5) is 16.9. The van der Waals surface area contributed by atoms with Gasteiger partial charge in [0.2, 0.25) is 0 Å². The summed E-state index contributed by atoms with van der Waals surface area (Å²) in [7, 11) is 0. The van der Waals surface area contributed by atoms with Crippen molar-refractivity contribution in [1.29, 1.82) is 0 Å². The van der Waals surface area contributed by atoms with Gasteiger partial charge in [0.25, 0.3) is 5.91 Å². The first-order valence-electron chi connectivity index (χ1n) is 7.85. The lowest BCUT2D eigenvalue weighted by Crippen LogP contribution is -2.14. The molecule has 0 saturated carbocycles. The van der Waals surface area contributed by atoms with Crippen molar-refractivity contribution in [3.05, 3.63) is 76.9 Å². The van der Waals surface area contributed by atoms with Crippen LogP contribution in [0.25, 0.3) is 0 Å². The van der Waals surface area contributed by atoms with Crippen LogP contribution in [0.1, 0.15) is 32.9 Å². The Kier molecular flexibility index (Phi) is 4.42. The zero-order chi connectivity index (χ0) is 17.1. The van der Waals surface area contributed by atoms with Gasteiger partial charge in [-0.05, 0) is 56.2 Å². The average molecular weight is 320 g/mol. The van der Waals surface area contributed by atoms with Gasteiger partial charge in [0.05, 0.1) is 17.9 Å². The molecular formula is C19H20N4O. The van der Waals surface area contributed by atoms with E-state index in [1.807, 2.05) is 68.0 Å². The molecule has 1 aromatic carbocycles. The molecule has 1 amide bonds. The molecule has 5 heteroatoms. The molecule has 5 nitrogen and oxygen atoms in total. The van der Waals surface area contributed by atoms with Crippen LogP contribution in [0, 0.1) is 20.8 Å². The van der Waals surface area contributed by atoms with Crippen molar-refractivity contribution in [3.8, 4) is 0 Å². The zero-order valence-electron chi connectivity index (χ0n) is 14.1. The maximum absolute atomic E-state index is 12.5. The van der Waals surface area contributed by atoms with Crippen molar-refractivity contribution in [2.45, 2.75) is 27.3 Å². The molecule has 1 N–H and O–H groups in total. The summed E-state index contributed by atoms with van der Waals surface area (Å²) in [5.41, 5.74) is 5.30. The Bertz CT molecular complexity index is 829. The SMILES string of the molecule is Cc1cc(C)c(NC(=O)c2ccc(Cn3cccn3)cc2)c(C)n1. The van der Waals surface area contributed by atoms with Gasteiger partial charge in [-0.25, -0.2) is 0 Å². The van der Waals surface area contributed by atoms with Crippen molar-refractivity contribution in [2.75, 3.05) is 5.32 Å². The molecule has 3 rings (SSSR count). The normalized spacial score (nSPS) is 10.6. The standard InChI is InChI=1S/C19H20N4O/c1-13-11-14(2)21-15(3)18(13)22-19(24)17-7-5-16(6-8-17)12-23-10-4-9-20-23/h4-11H,12H2,1-3H3,(H,22,24). The number of aromatic nitrogens is 3. The van der Waals surface area contributed by atoms with Crippen LogP contribution in [0.2, 0.25) is 0 Å². The second kappa shape index (κ2) is 6.66. The topological polar surface area (TPSA) is 59.8 Å². The molecule has 0 fully saturated rings. The van der Waals surface area contributed by atoms with Crippen LogP contribution in [0.5, 0.6) is 0 Å². The highest BCUT2D eigenvalue weighted by Gasteiger charge is 2.11. The molecule has 3 aromatic rings. The Morgan fingerprint density at radius 2 is 1.92 bits per heavy atom. The fraction of sp³-hybridized carbons (Fsp3) is 0.211. The molecule has 2 aromatic heterocycles. The highest BCUT2D eigenvalue weighted by atomic mass is 16.1. The van der Waals surface area contributed by atoms with Gasteiger partial charge in [0.15, 0.2) is 0 Å². The van der Waals surface area contributed by atoms with Crippen molar-refractivity contribution < 1.29 is 4.79 Å².